The van der Waals surface area contributed by atoms with E-state index in [1.54, 1.807) is 17.7 Å². The number of carbonyl (C=O) groups excluding carboxylic acids is 1. The van der Waals surface area contributed by atoms with E-state index >= 15 is 0 Å². The van der Waals surface area contributed by atoms with E-state index in [2.05, 4.69) is 26.7 Å². The van der Waals surface area contributed by atoms with Gasteiger partial charge < -0.3 is 10.4 Å². The lowest BCUT2D eigenvalue weighted by Crippen LogP contribution is -2.36. The molecular weight excluding hydrogens is 392 g/mol. The maximum Gasteiger partial charge on any atom is 0.269 e. The molecule has 0 aliphatic heterocycles. The van der Waals surface area contributed by atoms with Gasteiger partial charge in [0.05, 0.1) is 34.6 Å². The van der Waals surface area contributed by atoms with Gasteiger partial charge in [0.1, 0.15) is 11.8 Å². The van der Waals surface area contributed by atoms with Crippen molar-refractivity contribution in [2.75, 3.05) is 0 Å². The van der Waals surface area contributed by atoms with E-state index in [1.165, 1.54) is 6.07 Å². The SMILES string of the molecule is Cc1c(-c2ccn(CC(C)NC(=O)c3cc(C(C)O)n[nH]3)n2)ccc(C#N)c1Cl. The smallest absolute Gasteiger partial charge is 0.269 e. The van der Waals surface area contributed by atoms with Crippen molar-refractivity contribution in [3.63, 3.8) is 0 Å². The molecule has 2 heterocycles. The summed E-state index contributed by atoms with van der Waals surface area (Å²) in [6.45, 7) is 5.77. The number of aromatic amines is 1. The summed E-state index contributed by atoms with van der Waals surface area (Å²) < 4.78 is 1.74. The van der Waals surface area contributed by atoms with Gasteiger partial charge in [-0.3, -0.25) is 14.6 Å². The number of H-pyrrole nitrogens is 1. The lowest BCUT2D eigenvalue weighted by atomic mass is 10.0. The highest BCUT2D eigenvalue weighted by atomic mass is 35.5. The zero-order valence-corrected chi connectivity index (χ0v) is 17.0. The second-order valence-corrected chi connectivity index (χ2v) is 7.27. The number of hydrogen-bond acceptors (Lipinski definition) is 5. The summed E-state index contributed by atoms with van der Waals surface area (Å²) in [5.74, 6) is -0.306. The molecule has 3 aromatic rings. The van der Waals surface area contributed by atoms with Crippen LogP contribution < -0.4 is 5.32 Å². The standard InChI is InChI=1S/C20H21ClN6O2/c1-11(23-20(29)18-8-17(13(3)28)24-25-18)10-27-7-6-16(26-27)15-5-4-14(9-22)19(21)12(15)2/h4-8,11,13,28H,10H2,1-3H3,(H,23,29)(H,24,25). The minimum absolute atomic E-state index is 0.195. The molecule has 0 spiro atoms. The minimum atomic E-state index is -0.744. The van der Waals surface area contributed by atoms with E-state index in [9.17, 15) is 9.90 Å². The molecular formula is C20H21ClN6O2. The second-order valence-electron chi connectivity index (χ2n) is 6.89. The summed E-state index contributed by atoms with van der Waals surface area (Å²) in [5, 5.41) is 33.0. The summed E-state index contributed by atoms with van der Waals surface area (Å²) in [6.07, 6.45) is 1.08. The van der Waals surface area contributed by atoms with Crippen LogP contribution in [0.15, 0.2) is 30.5 Å². The molecule has 0 saturated carbocycles. The summed E-state index contributed by atoms with van der Waals surface area (Å²) in [6, 6.07) is 8.77. The van der Waals surface area contributed by atoms with Crippen molar-refractivity contribution in [3.05, 3.63) is 58.0 Å². The molecule has 2 aromatic heterocycles. The molecule has 1 aromatic carbocycles. The lowest BCUT2D eigenvalue weighted by Gasteiger charge is -2.13. The Morgan fingerprint density at radius 2 is 2.17 bits per heavy atom. The Balaban J connectivity index is 1.67. The highest BCUT2D eigenvalue weighted by molar-refractivity contribution is 6.32. The largest absolute Gasteiger partial charge is 0.387 e. The van der Waals surface area contributed by atoms with Crippen molar-refractivity contribution in [3.8, 4) is 17.3 Å². The highest BCUT2D eigenvalue weighted by Crippen LogP contribution is 2.29. The zero-order chi connectivity index (χ0) is 21.1. The third kappa shape index (κ3) is 4.47. The third-order valence-electron chi connectivity index (χ3n) is 4.53. The van der Waals surface area contributed by atoms with Gasteiger partial charge in [-0.1, -0.05) is 17.7 Å². The van der Waals surface area contributed by atoms with E-state index in [0.29, 0.717) is 22.8 Å². The van der Waals surface area contributed by atoms with E-state index in [4.69, 9.17) is 16.9 Å². The quantitative estimate of drug-likeness (QED) is 0.574. The van der Waals surface area contributed by atoms with Crippen molar-refractivity contribution in [1.82, 2.24) is 25.3 Å². The maximum absolute atomic E-state index is 12.3. The minimum Gasteiger partial charge on any atom is -0.387 e. The Bertz CT molecular complexity index is 1080. The van der Waals surface area contributed by atoms with E-state index < -0.39 is 6.10 Å². The van der Waals surface area contributed by atoms with Crippen LogP contribution in [0.4, 0.5) is 0 Å². The Kier molecular flexibility index (Phi) is 6.01. The number of aromatic nitrogens is 4. The molecule has 0 aliphatic carbocycles. The third-order valence-corrected chi connectivity index (χ3v) is 5.02. The number of aliphatic hydroxyl groups excluding tert-OH is 1. The van der Waals surface area contributed by atoms with Crippen molar-refractivity contribution >= 4 is 17.5 Å². The molecule has 29 heavy (non-hydrogen) atoms. The van der Waals surface area contributed by atoms with Crippen LogP contribution in [-0.4, -0.2) is 37.0 Å². The number of rotatable bonds is 6. The van der Waals surface area contributed by atoms with Crippen LogP contribution in [0.1, 0.15) is 47.3 Å². The van der Waals surface area contributed by atoms with Crippen LogP contribution >= 0.6 is 11.6 Å². The van der Waals surface area contributed by atoms with Crippen molar-refractivity contribution in [2.24, 2.45) is 0 Å². The predicted molar refractivity (Wildman–Crippen MR) is 108 cm³/mol. The maximum atomic E-state index is 12.3. The number of hydrogen-bond donors (Lipinski definition) is 3. The van der Waals surface area contributed by atoms with E-state index in [0.717, 1.165) is 16.8 Å². The van der Waals surface area contributed by atoms with Crippen LogP contribution in [0.25, 0.3) is 11.3 Å². The Hall–Kier alpha value is -3.15. The first-order chi connectivity index (χ1) is 13.8. The van der Waals surface area contributed by atoms with Crippen LogP contribution in [0, 0.1) is 18.3 Å². The van der Waals surface area contributed by atoms with Crippen LogP contribution in [-0.2, 0) is 6.54 Å². The molecule has 0 bridgehead atoms. The monoisotopic (exact) mass is 412 g/mol. The van der Waals surface area contributed by atoms with Crippen molar-refractivity contribution < 1.29 is 9.90 Å². The van der Waals surface area contributed by atoms with Gasteiger partial charge >= 0.3 is 0 Å². The fourth-order valence-electron chi connectivity index (χ4n) is 2.95. The first-order valence-electron chi connectivity index (χ1n) is 9.07. The van der Waals surface area contributed by atoms with E-state index in [-0.39, 0.29) is 17.6 Å². The number of carbonyl (C=O) groups is 1. The average Bonchev–Trinajstić information content (AvgIpc) is 3.33. The Labute approximate surface area is 173 Å². The van der Waals surface area contributed by atoms with Gasteiger partial charge in [0, 0.05) is 17.8 Å². The summed E-state index contributed by atoms with van der Waals surface area (Å²) in [5.41, 5.74) is 3.52. The Morgan fingerprint density at radius 1 is 1.41 bits per heavy atom. The molecule has 0 saturated heterocycles. The van der Waals surface area contributed by atoms with Crippen molar-refractivity contribution in [1.29, 1.82) is 5.26 Å². The van der Waals surface area contributed by atoms with Crippen LogP contribution in [0.5, 0.6) is 0 Å². The first-order valence-corrected chi connectivity index (χ1v) is 9.45. The molecule has 0 aliphatic rings. The molecule has 9 heteroatoms. The molecule has 150 valence electrons. The van der Waals surface area contributed by atoms with Gasteiger partial charge in [-0.2, -0.15) is 15.5 Å². The molecule has 3 N–H and O–H groups in total. The topological polar surface area (TPSA) is 120 Å². The Morgan fingerprint density at radius 3 is 2.83 bits per heavy atom. The van der Waals surface area contributed by atoms with Gasteiger partial charge in [0.2, 0.25) is 0 Å². The second kappa shape index (κ2) is 8.47. The normalized spacial score (nSPS) is 13.0. The number of benzene rings is 1. The molecule has 0 fully saturated rings. The fraction of sp³-hybridized carbons (Fsp3) is 0.300. The number of nitrogens with one attached hydrogen (secondary N) is 2. The zero-order valence-electron chi connectivity index (χ0n) is 16.3. The van der Waals surface area contributed by atoms with E-state index in [1.807, 2.05) is 32.2 Å². The summed E-state index contributed by atoms with van der Waals surface area (Å²) in [7, 11) is 0. The van der Waals surface area contributed by atoms with Crippen molar-refractivity contribution in [2.45, 2.75) is 39.5 Å². The number of nitriles is 1. The number of aliphatic hydroxyl groups is 1. The number of halogens is 1. The first kappa shape index (κ1) is 20.6. The van der Waals surface area contributed by atoms with Gasteiger partial charge in [0.25, 0.3) is 5.91 Å². The molecule has 2 atom stereocenters. The summed E-state index contributed by atoms with van der Waals surface area (Å²) >= 11 is 6.25. The molecule has 2 unspecified atom stereocenters. The predicted octanol–water partition coefficient (Wildman–Crippen LogP) is 2.98. The number of amides is 1. The fourth-order valence-corrected chi connectivity index (χ4v) is 3.16. The average molecular weight is 413 g/mol. The molecule has 0 radical (unpaired) electrons. The molecule has 3 rings (SSSR count). The summed E-state index contributed by atoms with van der Waals surface area (Å²) in [4.78, 5) is 12.3. The number of nitrogens with zero attached hydrogens (tertiary/aromatic N) is 4. The molecule has 1 amide bonds. The van der Waals surface area contributed by atoms with Crippen LogP contribution in [0.3, 0.4) is 0 Å². The highest BCUT2D eigenvalue weighted by Gasteiger charge is 2.16. The van der Waals surface area contributed by atoms with Gasteiger partial charge in [-0.05, 0) is 44.5 Å². The lowest BCUT2D eigenvalue weighted by molar-refractivity contribution is 0.0931. The van der Waals surface area contributed by atoms with Gasteiger partial charge in [-0.15, -0.1) is 0 Å². The molecule has 8 nitrogen and oxygen atoms in total. The van der Waals surface area contributed by atoms with Gasteiger partial charge in [-0.25, -0.2) is 0 Å². The van der Waals surface area contributed by atoms with Crippen LogP contribution in [0.2, 0.25) is 5.02 Å². The van der Waals surface area contributed by atoms with Gasteiger partial charge in [0.15, 0.2) is 0 Å².